The molecular formula is C14H18ClF2N3O2. The lowest BCUT2D eigenvalue weighted by Gasteiger charge is -2.20. The van der Waals surface area contributed by atoms with E-state index in [4.69, 9.17) is 0 Å². The van der Waals surface area contributed by atoms with Gasteiger partial charge in [0.2, 0.25) is 11.8 Å². The Kier molecular flexibility index (Phi) is 6.25. The lowest BCUT2D eigenvalue weighted by atomic mass is 10.1. The normalized spacial score (nSPS) is 19.1. The molecule has 2 N–H and O–H groups in total. The van der Waals surface area contributed by atoms with Crippen LogP contribution < -0.4 is 10.6 Å². The molecule has 1 aromatic rings. The van der Waals surface area contributed by atoms with Crippen LogP contribution in [0.4, 0.5) is 14.5 Å². The molecule has 0 aliphatic carbocycles. The molecule has 5 nitrogen and oxygen atoms in total. The molecule has 1 saturated heterocycles. The highest BCUT2D eigenvalue weighted by Gasteiger charge is 2.43. The van der Waals surface area contributed by atoms with Gasteiger partial charge in [-0.1, -0.05) is 18.2 Å². The zero-order valence-corrected chi connectivity index (χ0v) is 12.8. The van der Waals surface area contributed by atoms with Crippen LogP contribution in [-0.4, -0.2) is 48.8 Å². The maximum Gasteiger partial charge on any atom is 0.262 e. The molecule has 1 unspecified atom stereocenters. The van der Waals surface area contributed by atoms with Gasteiger partial charge in [-0.2, -0.15) is 0 Å². The number of amides is 2. The molecule has 0 aromatic heterocycles. The molecule has 22 heavy (non-hydrogen) atoms. The summed E-state index contributed by atoms with van der Waals surface area (Å²) in [5.74, 6) is -3.75. The minimum atomic E-state index is -2.87. The van der Waals surface area contributed by atoms with Gasteiger partial charge < -0.3 is 10.2 Å². The highest BCUT2D eigenvalue weighted by molar-refractivity contribution is 5.95. The topological polar surface area (TPSA) is 61.4 Å². The van der Waals surface area contributed by atoms with E-state index in [1.54, 1.807) is 24.3 Å². The first-order chi connectivity index (χ1) is 9.87. The summed E-state index contributed by atoms with van der Waals surface area (Å²) >= 11 is 0. The monoisotopic (exact) mass is 333 g/mol. The van der Waals surface area contributed by atoms with E-state index < -0.39 is 30.8 Å². The number of para-hydroxylation sites is 1. The highest BCUT2D eigenvalue weighted by Crippen LogP contribution is 2.25. The van der Waals surface area contributed by atoms with Crippen molar-refractivity contribution in [2.75, 3.05) is 25.5 Å². The number of hydrogen-bond acceptors (Lipinski definition) is 3. The van der Waals surface area contributed by atoms with E-state index in [9.17, 15) is 18.4 Å². The number of nitrogens with zero attached hydrogens (tertiary/aromatic N) is 1. The Morgan fingerprint density at radius 1 is 1.36 bits per heavy atom. The quantitative estimate of drug-likeness (QED) is 0.878. The van der Waals surface area contributed by atoms with Crippen molar-refractivity contribution in [3.05, 3.63) is 30.3 Å². The summed E-state index contributed by atoms with van der Waals surface area (Å²) in [6.45, 7) is -0.690. The van der Waals surface area contributed by atoms with Crippen LogP contribution in [0.1, 0.15) is 6.42 Å². The number of nitrogens with one attached hydrogen (secondary N) is 2. The first kappa shape index (κ1) is 18.3. The largest absolute Gasteiger partial charge is 0.335 e. The second kappa shape index (κ2) is 7.51. The van der Waals surface area contributed by atoms with Crippen molar-refractivity contribution in [3.63, 3.8) is 0 Å². The van der Waals surface area contributed by atoms with Crippen LogP contribution in [-0.2, 0) is 9.59 Å². The van der Waals surface area contributed by atoms with Gasteiger partial charge in [-0.15, -0.1) is 12.4 Å². The third-order valence-electron chi connectivity index (χ3n) is 3.22. The molecular weight excluding hydrogens is 316 g/mol. The van der Waals surface area contributed by atoms with Gasteiger partial charge in [-0.3, -0.25) is 14.9 Å². The predicted octanol–water partition coefficient (Wildman–Crippen LogP) is 1.50. The molecule has 1 aromatic carbocycles. The maximum atomic E-state index is 13.1. The van der Waals surface area contributed by atoms with Crippen LogP contribution in [0, 0.1) is 0 Å². The molecule has 0 spiro atoms. The molecule has 8 heteroatoms. The average Bonchev–Trinajstić information content (AvgIpc) is 2.79. The van der Waals surface area contributed by atoms with E-state index in [1.807, 2.05) is 6.07 Å². The van der Waals surface area contributed by atoms with Gasteiger partial charge >= 0.3 is 0 Å². The Bertz CT molecular complexity index is 528. The van der Waals surface area contributed by atoms with Gasteiger partial charge in [0.15, 0.2) is 0 Å². The SMILES string of the molecule is CN(CC(=O)Nc1ccccc1)C(=O)C1CC(F)(F)CN1.Cl. The lowest BCUT2D eigenvalue weighted by Crippen LogP contribution is -2.44. The molecule has 0 saturated carbocycles. The minimum absolute atomic E-state index is 0. The van der Waals surface area contributed by atoms with Crippen molar-refractivity contribution in [1.29, 1.82) is 0 Å². The number of alkyl halides is 2. The fourth-order valence-corrected chi connectivity index (χ4v) is 2.17. The van der Waals surface area contributed by atoms with Crippen LogP contribution in [0.15, 0.2) is 30.3 Å². The number of carbonyl (C=O) groups is 2. The van der Waals surface area contributed by atoms with Gasteiger partial charge in [0.1, 0.15) is 0 Å². The minimum Gasteiger partial charge on any atom is -0.335 e. The highest BCUT2D eigenvalue weighted by atomic mass is 35.5. The molecule has 1 fully saturated rings. The fourth-order valence-electron chi connectivity index (χ4n) is 2.17. The maximum absolute atomic E-state index is 13.1. The van der Waals surface area contributed by atoms with Crippen molar-refractivity contribution < 1.29 is 18.4 Å². The molecule has 1 heterocycles. The van der Waals surface area contributed by atoms with Gasteiger partial charge in [0.05, 0.1) is 19.1 Å². The molecule has 0 radical (unpaired) electrons. The Morgan fingerprint density at radius 2 is 2.00 bits per heavy atom. The van der Waals surface area contributed by atoms with Crippen molar-refractivity contribution in [2.24, 2.45) is 0 Å². The van der Waals surface area contributed by atoms with Crippen molar-refractivity contribution in [1.82, 2.24) is 10.2 Å². The number of rotatable bonds is 4. The summed E-state index contributed by atoms with van der Waals surface area (Å²) in [5, 5.41) is 5.11. The number of carbonyl (C=O) groups excluding carboxylic acids is 2. The standard InChI is InChI=1S/C14H17F2N3O2.ClH/c1-19(13(21)11-7-14(15,16)9-17-11)8-12(20)18-10-5-3-2-4-6-10;/h2-6,11,17H,7-9H2,1H3,(H,18,20);1H. The smallest absolute Gasteiger partial charge is 0.262 e. The van der Waals surface area contributed by atoms with Crippen molar-refractivity contribution in [3.8, 4) is 0 Å². The summed E-state index contributed by atoms with van der Waals surface area (Å²) in [6, 6.07) is 7.87. The van der Waals surface area contributed by atoms with Gasteiger partial charge in [-0.05, 0) is 12.1 Å². The molecule has 2 amide bonds. The first-order valence-electron chi connectivity index (χ1n) is 6.58. The second-order valence-electron chi connectivity index (χ2n) is 5.10. The number of halogens is 3. The summed E-state index contributed by atoms with van der Waals surface area (Å²) in [6.07, 6.45) is -0.531. The van der Waals surface area contributed by atoms with Gasteiger partial charge in [0.25, 0.3) is 5.92 Å². The average molecular weight is 334 g/mol. The zero-order chi connectivity index (χ0) is 15.5. The van der Waals surface area contributed by atoms with Crippen LogP contribution in [0.3, 0.4) is 0 Å². The third-order valence-corrected chi connectivity index (χ3v) is 3.22. The van der Waals surface area contributed by atoms with Crippen molar-refractivity contribution in [2.45, 2.75) is 18.4 Å². The molecule has 1 aliphatic heterocycles. The van der Waals surface area contributed by atoms with E-state index in [1.165, 1.54) is 7.05 Å². The van der Waals surface area contributed by atoms with Crippen LogP contribution in [0.5, 0.6) is 0 Å². The molecule has 122 valence electrons. The third kappa shape index (κ3) is 4.92. The van der Waals surface area contributed by atoms with Crippen LogP contribution in [0.25, 0.3) is 0 Å². The van der Waals surface area contributed by atoms with Crippen molar-refractivity contribution >= 4 is 29.9 Å². The number of anilines is 1. The van der Waals surface area contributed by atoms with E-state index in [2.05, 4.69) is 10.6 Å². The van der Waals surface area contributed by atoms with E-state index >= 15 is 0 Å². The Hall–Kier alpha value is -1.73. The summed E-state index contributed by atoms with van der Waals surface area (Å²) in [7, 11) is 1.42. The first-order valence-corrected chi connectivity index (χ1v) is 6.58. The number of likely N-dealkylation sites (N-methyl/N-ethyl adjacent to an activating group) is 1. The summed E-state index contributed by atoms with van der Waals surface area (Å²) in [4.78, 5) is 24.9. The fraction of sp³-hybridized carbons (Fsp3) is 0.429. The zero-order valence-electron chi connectivity index (χ0n) is 12.0. The summed E-state index contributed by atoms with van der Waals surface area (Å²) in [5.41, 5.74) is 0.619. The molecule has 0 bridgehead atoms. The van der Waals surface area contributed by atoms with Crippen LogP contribution in [0.2, 0.25) is 0 Å². The molecule has 1 aliphatic rings. The Labute approximate surface area is 133 Å². The van der Waals surface area contributed by atoms with E-state index in [0.29, 0.717) is 5.69 Å². The van der Waals surface area contributed by atoms with Gasteiger partial charge in [0, 0.05) is 19.2 Å². The Balaban J connectivity index is 0.00000242. The van der Waals surface area contributed by atoms with E-state index in [-0.39, 0.29) is 24.9 Å². The second-order valence-corrected chi connectivity index (χ2v) is 5.10. The predicted molar refractivity (Wildman–Crippen MR) is 81.3 cm³/mol. The number of hydrogen-bond donors (Lipinski definition) is 2. The summed E-state index contributed by atoms with van der Waals surface area (Å²) < 4.78 is 26.1. The van der Waals surface area contributed by atoms with E-state index in [0.717, 1.165) is 4.90 Å². The lowest BCUT2D eigenvalue weighted by molar-refractivity contribution is -0.135. The Morgan fingerprint density at radius 3 is 2.55 bits per heavy atom. The molecule has 1 atom stereocenters. The molecule has 2 rings (SSSR count). The van der Waals surface area contributed by atoms with Crippen LogP contribution >= 0.6 is 12.4 Å². The van der Waals surface area contributed by atoms with Gasteiger partial charge in [-0.25, -0.2) is 8.78 Å². The number of benzene rings is 1.